The van der Waals surface area contributed by atoms with Crippen molar-refractivity contribution in [2.75, 3.05) is 0 Å². The van der Waals surface area contributed by atoms with Crippen molar-refractivity contribution in [2.45, 2.75) is 12.5 Å². The van der Waals surface area contributed by atoms with Crippen LogP contribution in [0.15, 0.2) is 36.4 Å². The van der Waals surface area contributed by atoms with Gasteiger partial charge in [-0.15, -0.1) is 0 Å². The molecule has 2 aromatic rings. The summed E-state index contributed by atoms with van der Waals surface area (Å²) in [5.41, 5.74) is 0.928. The number of H-pyrrole nitrogens is 1. The van der Waals surface area contributed by atoms with E-state index in [1.165, 1.54) is 6.07 Å². The summed E-state index contributed by atoms with van der Waals surface area (Å²) in [4.78, 5) is 25.8. The van der Waals surface area contributed by atoms with E-state index in [0.717, 1.165) is 5.56 Å². The summed E-state index contributed by atoms with van der Waals surface area (Å²) in [6.07, 6.45) is 0.185. The van der Waals surface area contributed by atoms with Gasteiger partial charge in [0.1, 0.15) is 16.9 Å². The molecule has 0 radical (unpaired) electrons. The molecule has 7 heteroatoms. The smallest absolute Gasteiger partial charge is 0.326 e. The molecule has 21 heavy (non-hydrogen) atoms. The van der Waals surface area contributed by atoms with Crippen molar-refractivity contribution in [3.05, 3.63) is 57.8 Å². The maximum absolute atomic E-state index is 12.0. The van der Waals surface area contributed by atoms with E-state index < -0.39 is 17.9 Å². The van der Waals surface area contributed by atoms with Gasteiger partial charge in [-0.25, -0.2) is 4.79 Å². The number of aromatic nitrogens is 1. The zero-order valence-corrected chi connectivity index (χ0v) is 12.3. The van der Waals surface area contributed by atoms with Crippen molar-refractivity contribution < 1.29 is 14.7 Å². The van der Waals surface area contributed by atoms with Crippen LogP contribution < -0.4 is 5.32 Å². The van der Waals surface area contributed by atoms with Crippen LogP contribution in [-0.2, 0) is 11.2 Å². The molecule has 1 atom stereocenters. The summed E-state index contributed by atoms with van der Waals surface area (Å²) in [7, 11) is 0. The van der Waals surface area contributed by atoms with Crippen LogP contribution in [0.3, 0.4) is 0 Å². The third-order valence-corrected chi connectivity index (χ3v) is 3.55. The highest BCUT2D eigenvalue weighted by molar-refractivity contribution is 6.41. The summed E-state index contributed by atoms with van der Waals surface area (Å²) in [5, 5.41) is 12.0. The van der Waals surface area contributed by atoms with Crippen molar-refractivity contribution in [1.82, 2.24) is 10.3 Å². The fraction of sp³-hybridized carbons (Fsp3) is 0.143. The molecule has 3 N–H and O–H groups in total. The van der Waals surface area contributed by atoms with Gasteiger partial charge in [0.15, 0.2) is 0 Å². The van der Waals surface area contributed by atoms with E-state index in [4.69, 9.17) is 23.2 Å². The normalized spacial score (nSPS) is 11.9. The molecule has 5 nitrogen and oxygen atoms in total. The average molecular weight is 327 g/mol. The number of nitrogens with one attached hydrogen (secondary N) is 2. The Balaban J connectivity index is 2.09. The second-order valence-electron chi connectivity index (χ2n) is 4.40. The number of hydrogen-bond acceptors (Lipinski definition) is 2. The number of carboxylic acid groups (broad SMARTS) is 1. The van der Waals surface area contributed by atoms with Gasteiger partial charge in [0, 0.05) is 6.42 Å². The van der Waals surface area contributed by atoms with Gasteiger partial charge in [0.25, 0.3) is 5.91 Å². The first-order valence-corrected chi connectivity index (χ1v) is 6.84. The van der Waals surface area contributed by atoms with Gasteiger partial charge < -0.3 is 15.4 Å². The molecular weight excluding hydrogens is 315 g/mol. The first kappa shape index (κ1) is 15.4. The summed E-state index contributed by atoms with van der Waals surface area (Å²) in [5.74, 6) is -1.69. The minimum Gasteiger partial charge on any atom is -0.480 e. The Hall–Kier alpha value is -1.98. The fourth-order valence-corrected chi connectivity index (χ4v) is 2.13. The summed E-state index contributed by atoms with van der Waals surface area (Å²) >= 11 is 11.5. The van der Waals surface area contributed by atoms with Crippen LogP contribution in [0.1, 0.15) is 16.1 Å². The van der Waals surface area contributed by atoms with Crippen molar-refractivity contribution in [1.29, 1.82) is 0 Å². The Morgan fingerprint density at radius 2 is 1.90 bits per heavy atom. The number of carbonyl (C=O) groups is 2. The van der Waals surface area contributed by atoms with Crippen molar-refractivity contribution in [2.24, 2.45) is 0 Å². The number of amides is 1. The number of benzene rings is 1. The fourth-order valence-electron chi connectivity index (χ4n) is 1.81. The topological polar surface area (TPSA) is 82.2 Å². The highest BCUT2D eigenvalue weighted by atomic mass is 35.5. The largest absolute Gasteiger partial charge is 0.480 e. The van der Waals surface area contributed by atoms with E-state index in [9.17, 15) is 14.7 Å². The third-order valence-electron chi connectivity index (χ3n) is 2.86. The SMILES string of the molecule is O=C(N[C@H](Cc1ccccc1)C(=O)O)c1cc(Cl)c(Cl)[nH]1. The van der Waals surface area contributed by atoms with Crippen LogP contribution in [0, 0.1) is 0 Å². The summed E-state index contributed by atoms with van der Waals surface area (Å²) in [6.45, 7) is 0. The molecule has 0 aliphatic heterocycles. The maximum Gasteiger partial charge on any atom is 0.326 e. The second-order valence-corrected chi connectivity index (χ2v) is 5.18. The van der Waals surface area contributed by atoms with Gasteiger partial charge in [0.05, 0.1) is 5.02 Å². The lowest BCUT2D eigenvalue weighted by atomic mass is 10.1. The van der Waals surface area contributed by atoms with E-state index in [-0.39, 0.29) is 22.3 Å². The molecule has 0 spiro atoms. The van der Waals surface area contributed by atoms with Crippen LogP contribution in [0.5, 0.6) is 0 Å². The Labute approximate surface area is 130 Å². The van der Waals surface area contributed by atoms with E-state index in [1.54, 1.807) is 24.3 Å². The number of halogens is 2. The number of carboxylic acids is 1. The molecule has 0 fully saturated rings. The monoisotopic (exact) mass is 326 g/mol. The van der Waals surface area contributed by atoms with Crippen LogP contribution in [0.4, 0.5) is 0 Å². The predicted octanol–water partition coefficient (Wildman–Crippen LogP) is 2.75. The average Bonchev–Trinajstić information content (AvgIpc) is 2.79. The lowest BCUT2D eigenvalue weighted by Crippen LogP contribution is -2.42. The molecule has 0 unspecified atom stereocenters. The Kier molecular flexibility index (Phi) is 4.88. The molecule has 1 amide bonds. The summed E-state index contributed by atoms with van der Waals surface area (Å²) in [6, 6.07) is 9.35. The number of hydrogen-bond donors (Lipinski definition) is 3. The van der Waals surface area contributed by atoms with Gasteiger partial charge >= 0.3 is 5.97 Å². The van der Waals surface area contributed by atoms with Gasteiger partial charge in [-0.05, 0) is 11.6 Å². The molecule has 0 saturated carbocycles. The molecule has 0 aliphatic rings. The lowest BCUT2D eigenvalue weighted by molar-refractivity contribution is -0.139. The zero-order chi connectivity index (χ0) is 15.4. The highest BCUT2D eigenvalue weighted by Gasteiger charge is 2.22. The highest BCUT2D eigenvalue weighted by Crippen LogP contribution is 2.21. The first-order chi connectivity index (χ1) is 9.97. The standard InChI is InChI=1S/C14H12Cl2N2O3/c15-9-7-10(17-12(9)16)13(19)18-11(14(20)21)6-8-4-2-1-3-5-8/h1-5,7,11,17H,6H2,(H,18,19)(H,20,21)/t11-/m1/s1. The minimum atomic E-state index is -1.11. The summed E-state index contributed by atoms with van der Waals surface area (Å²) < 4.78 is 0. The first-order valence-electron chi connectivity index (χ1n) is 6.09. The second kappa shape index (κ2) is 6.65. The molecule has 1 aromatic carbocycles. The van der Waals surface area contributed by atoms with Gasteiger partial charge in [-0.3, -0.25) is 4.79 Å². The number of carbonyl (C=O) groups excluding carboxylic acids is 1. The van der Waals surface area contributed by atoms with Gasteiger partial charge in [0.2, 0.25) is 0 Å². The van der Waals surface area contributed by atoms with Crippen LogP contribution >= 0.6 is 23.2 Å². The number of aliphatic carboxylic acids is 1. The van der Waals surface area contributed by atoms with Crippen molar-refractivity contribution in [3.63, 3.8) is 0 Å². The molecular formula is C14H12Cl2N2O3. The van der Waals surface area contributed by atoms with E-state index in [2.05, 4.69) is 10.3 Å². The molecule has 0 bridgehead atoms. The Morgan fingerprint density at radius 1 is 1.24 bits per heavy atom. The number of rotatable bonds is 5. The van der Waals surface area contributed by atoms with Crippen molar-refractivity contribution in [3.8, 4) is 0 Å². The third kappa shape index (κ3) is 4.00. The van der Waals surface area contributed by atoms with Gasteiger partial charge in [-0.1, -0.05) is 53.5 Å². The van der Waals surface area contributed by atoms with E-state index in [1.807, 2.05) is 6.07 Å². The number of aromatic amines is 1. The molecule has 1 heterocycles. The Morgan fingerprint density at radius 3 is 2.43 bits per heavy atom. The molecule has 2 rings (SSSR count). The quantitative estimate of drug-likeness (QED) is 0.790. The zero-order valence-electron chi connectivity index (χ0n) is 10.8. The van der Waals surface area contributed by atoms with Gasteiger partial charge in [-0.2, -0.15) is 0 Å². The predicted molar refractivity (Wildman–Crippen MR) is 79.8 cm³/mol. The lowest BCUT2D eigenvalue weighted by Gasteiger charge is -2.14. The molecule has 0 aliphatic carbocycles. The molecule has 1 aromatic heterocycles. The van der Waals surface area contributed by atoms with E-state index in [0.29, 0.717) is 0 Å². The maximum atomic E-state index is 12.0. The van der Waals surface area contributed by atoms with Crippen molar-refractivity contribution >= 4 is 35.1 Å². The minimum absolute atomic E-state index is 0.115. The van der Waals surface area contributed by atoms with Crippen LogP contribution in [0.25, 0.3) is 0 Å². The van der Waals surface area contributed by atoms with E-state index >= 15 is 0 Å². The molecule has 0 saturated heterocycles. The molecule has 110 valence electrons. The van der Waals surface area contributed by atoms with Crippen LogP contribution in [-0.4, -0.2) is 28.0 Å². The van der Waals surface area contributed by atoms with Crippen LogP contribution in [0.2, 0.25) is 10.2 Å². The Bertz CT molecular complexity index is 636.